The maximum Gasteiger partial charge on any atom is 0.338 e. The Bertz CT molecular complexity index is 1560. The van der Waals surface area contributed by atoms with E-state index in [-0.39, 0.29) is 12.2 Å². The van der Waals surface area contributed by atoms with Crippen molar-refractivity contribution in [3.05, 3.63) is 83.0 Å². The molecule has 1 aliphatic rings. The lowest BCUT2D eigenvalue weighted by molar-refractivity contribution is -0.139. The average molecular weight is 587 g/mol. The van der Waals surface area contributed by atoms with Crippen LogP contribution in [0.3, 0.4) is 0 Å². The summed E-state index contributed by atoms with van der Waals surface area (Å²) < 4.78 is 24.7. The van der Waals surface area contributed by atoms with E-state index in [1.807, 2.05) is 31.2 Å². The molecule has 0 saturated carbocycles. The topological polar surface area (TPSA) is 88.4 Å². The van der Waals surface area contributed by atoms with E-state index in [0.717, 1.165) is 10.0 Å². The molecular formula is C27H27BrN2O6S. The molecule has 8 nitrogen and oxygen atoms in total. The van der Waals surface area contributed by atoms with Crippen molar-refractivity contribution in [3.8, 4) is 17.2 Å². The quantitative estimate of drug-likeness (QED) is 0.371. The van der Waals surface area contributed by atoms with Crippen LogP contribution in [0.1, 0.15) is 37.9 Å². The highest BCUT2D eigenvalue weighted by molar-refractivity contribution is 9.10. The molecule has 0 spiro atoms. The van der Waals surface area contributed by atoms with Gasteiger partial charge < -0.3 is 18.9 Å². The van der Waals surface area contributed by atoms with Gasteiger partial charge in [0.25, 0.3) is 5.56 Å². The summed E-state index contributed by atoms with van der Waals surface area (Å²) in [6, 6.07) is 10.2. The molecular weight excluding hydrogens is 560 g/mol. The summed E-state index contributed by atoms with van der Waals surface area (Å²) in [4.78, 5) is 32.0. The number of allylic oxidation sites excluding steroid dienone is 1. The van der Waals surface area contributed by atoms with Gasteiger partial charge in [-0.3, -0.25) is 9.36 Å². The van der Waals surface area contributed by atoms with Crippen LogP contribution < -0.4 is 29.1 Å². The molecule has 1 atom stereocenters. The number of hydrogen-bond donors (Lipinski definition) is 0. The molecule has 4 rings (SSSR count). The van der Waals surface area contributed by atoms with E-state index < -0.39 is 12.0 Å². The van der Waals surface area contributed by atoms with Crippen molar-refractivity contribution >= 4 is 39.3 Å². The summed E-state index contributed by atoms with van der Waals surface area (Å²) in [5.74, 6) is 1.25. The summed E-state index contributed by atoms with van der Waals surface area (Å²) in [6.45, 7) is 6.00. The van der Waals surface area contributed by atoms with Gasteiger partial charge in [-0.1, -0.05) is 23.5 Å². The van der Waals surface area contributed by atoms with Crippen molar-refractivity contribution in [1.29, 1.82) is 0 Å². The molecule has 2 aromatic carbocycles. The van der Waals surface area contributed by atoms with Crippen LogP contribution in [-0.4, -0.2) is 38.0 Å². The number of rotatable bonds is 8. The molecule has 1 aliphatic heterocycles. The van der Waals surface area contributed by atoms with Gasteiger partial charge >= 0.3 is 5.97 Å². The fourth-order valence-corrected chi connectivity index (χ4v) is 5.77. The van der Waals surface area contributed by atoms with Gasteiger partial charge in [0.1, 0.15) is 5.75 Å². The van der Waals surface area contributed by atoms with Crippen LogP contribution in [-0.2, 0) is 9.53 Å². The predicted octanol–water partition coefficient (Wildman–Crippen LogP) is 3.98. The smallest absolute Gasteiger partial charge is 0.338 e. The van der Waals surface area contributed by atoms with Crippen LogP contribution in [0.5, 0.6) is 17.2 Å². The van der Waals surface area contributed by atoms with E-state index in [1.165, 1.54) is 11.3 Å². The fourth-order valence-electron chi connectivity index (χ4n) is 4.16. The Labute approximate surface area is 226 Å². The first-order chi connectivity index (χ1) is 17.8. The number of hydrogen-bond acceptors (Lipinski definition) is 8. The van der Waals surface area contributed by atoms with Gasteiger partial charge in [-0.25, -0.2) is 9.79 Å². The molecule has 3 aromatic rings. The van der Waals surface area contributed by atoms with E-state index in [1.54, 1.807) is 50.8 Å². The number of methoxy groups -OCH3 is 2. The third kappa shape index (κ3) is 5.21. The van der Waals surface area contributed by atoms with Gasteiger partial charge in [0.15, 0.2) is 16.3 Å². The Morgan fingerprint density at radius 2 is 1.81 bits per heavy atom. The van der Waals surface area contributed by atoms with Gasteiger partial charge in [0.05, 0.1) is 53.8 Å². The molecule has 0 N–H and O–H groups in total. The number of aromatic nitrogens is 1. The highest BCUT2D eigenvalue weighted by Gasteiger charge is 2.34. The number of thiazole rings is 1. The number of nitrogens with zero attached hydrogens (tertiary/aromatic N) is 2. The van der Waals surface area contributed by atoms with Crippen molar-refractivity contribution in [1.82, 2.24) is 4.57 Å². The second-order valence-corrected chi connectivity index (χ2v) is 9.90. The lowest BCUT2D eigenvalue weighted by atomic mass is 9.95. The monoisotopic (exact) mass is 586 g/mol. The normalized spacial score (nSPS) is 15.2. The molecule has 0 unspecified atom stereocenters. The Hall–Kier alpha value is -3.37. The van der Waals surface area contributed by atoms with Crippen LogP contribution in [0.4, 0.5) is 0 Å². The van der Waals surface area contributed by atoms with Crippen LogP contribution in [0.15, 0.2) is 61.9 Å². The van der Waals surface area contributed by atoms with Crippen LogP contribution in [0.2, 0.25) is 0 Å². The standard InChI is InChI=1S/C27H27BrN2O6S/c1-6-35-21-14-17(9-11-20(21)34-5)24-23(26(32)36-7-2)15(3)29-27-30(24)25(31)22(37-27)13-16-8-10-19(33-4)18(28)12-16/h8-14,24H,6-7H2,1-5H3/b22-13-/t24-/m0/s1. The minimum Gasteiger partial charge on any atom is -0.496 e. The molecule has 0 saturated heterocycles. The molecule has 0 amide bonds. The number of benzene rings is 2. The predicted molar refractivity (Wildman–Crippen MR) is 145 cm³/mol. The first kappa shape index (κ1) is 26.7. The van der Waals surface area contributed by atoms with Crippen molar-refractivity contribution in [2.75, 3.05) is 27.4 Å². The van der Waals surface area contributed by atoms with Gasteiger partial charge in [0.2, 0.25) is 0 Å². The van der Waals surface area contributed by atoms with Crippen molar-refractivity contribution in [2.24, 2.45) is 4.99 Å². The molecule has 0 fully saturated rings. The molecule has 0 radical (unpaired) electrons. The van der Waals surface area contributed by atoms with Gasteiger partial charge in [0, 0.05) is 0 Å². The zero-order chi connectivity index (χ0) is 26.7. The minimum atomic E-state index is -0.745. The second-order valence-electron chi connectivity index (χ2n) is 8.04. The molecule has 10 heteroatoms. The Kier molecular flexibility index (Phi) is 8.19. The van der Waals surface area contributed by atoms with Crippen LogP contribution >= 0.6 is 27.3 Å². The van der Waals surface area contributed by atoms with E-state index in [0.29, 0.717) is 50.0 Å². The summed E-state index contributed by atoms with van der Waals surface area (Å²) in [5, 5.41) is 0. The number of ether oxygens (including phenoxy) is 4. The van der Waals surface area contributed by atoms with E-state index >= 15 is 0 Å². The molecule has 2 heterocycles. The van der Waals surface area contributed by atoms with E-state index in [4.69, 9.17) is 18.9 Å². The Balaban J connectivity index is 1.94. The second kappa shape index (κ2) is 11.4. The number of carbonyl (C=O) groups excluding carboxylic acids is 1. The minimum absolute atomic E-state index is 0.200. The van der Waals surface area contributed by atoms with Gasteiger partial charge in [-0.15, -0.1) is 0 Å². The third-order valence-electron chi connectivity index (χ3n) is 5.79. The number of halogens is 1. The number of carbonyl (C=O) groups is 1. The molecule has 0 bridgehead atoms. The molecule has 1 aromatic heterocycles. The lowest BCUT2D eigenvalue weighted by Gasteiger charge is -2.25. The van der Waals surface area contributed by atoms with Gasteiger partial charge in [-0.05, 0) is 78.2 Å². The largest absolute Gasteiger partial charge is 0.496 e. The van der Waals surface area contributed by atoms with Crippen molar-refractivity contribution in [3.63, 3.8) is 0 Å². The third-order valence-corrected chi connectivity index (χ3v) is 7.40. The number of esters is 1. The zero-order valence-electron chi connectivity index (χ0n) is 21.2. The number of fused-ring (bicyclic) bond motifs is 1. The summed E-state index contributed by atoms with van der Waals surface area (Å²) in [7, 11) is 3.16. The Morgan fingerprint density at radius 3 is 2.46 bits per heavy atom. The highest BCUT2D eigenvalue weighted by Crippen LogP contribution is 2.36. The first-order valence-corrected chi connectivity index (χ1v) is 13.3. The van der Waals surface area contributed by atoms with Crippen molar-refractivity contribution < 1.29 is 23.7 Å². The SMILES string of the molecule is CCOC(=O)C1=C(C)N=c2s/c(=C\c3ccc(OC)c(Br)c3)c(=O)n2[C@H]1c1ccc(OC)c(OCC)c1. The summed E-state index contributed by atoms with van der Waals surface area (Å²) >= 11 is 4.75. The summed E-state index contributed by atoms with van der Waals surface area (Å²) in [5.41, 5.74) is 2.04. The van der Waals surface area contributed by atoms with Crippen molar-refractivity contribution in [2.45, 2.75) is 26.8 Å². The Morgan fingerprint density at radius 1 is 1.08 bits per heavy atom. The first-order valence-electron chi connectivity index (χ1n) is 11.7. The highest BCUT2D eigenvalue weighted by atomic mass is 79.9. The van der Waals surface area contributed by atoms with E-state index in [9.17, 15) is 9.59 Å². The average Bonchev–Trinajstić information content (AvgIpc) is 3.17. The molecule has 37 heavy (non-hydrogen) atoms. The maximum absolute atomic E-state index is 13.8. The molecule has 0 aliphatic carbocycles. The van der Waals surface area contributed by atoms with E-state index in [2.05, 4.69) is 20.9 Å². The van der Waals surface area contributed by atoms with Crippen LogP contribution in [0, 0.1) is 0 Å². The fraction of sp³-hybridized carbons (Fsp3) is 0.296. The molecule has 194 valence electrons. The zero-order valence-corrected chi connectivity index (χ0v) is 23.6. The van der Waals surface area contributed by atoms with Crippen LogP contribution in [0.25, 0.3) is 6.08 Å². The lowest BCUT2D eigenvalue weighted by Crippen LogP contribution is -2.40. The van der Waals surface area contributed by atoms with Gasteiger partial charge in [-0.2, -0.15) is 0 Å². The summed E-state index contributed by atoms with van der Waals surface area (Å²) in [6.07, 6.45) is 1.80. The maximum atomic E-state index is 13.8.